The van der Waals surface area contributed by atoms with Crippen molar-refractivity contribution in [3.8, 4) is 0 Å². The minimum atomic E-state index is -3.24. The van der Waals surface area contributed by atoms with Crippen LogP contribution in [-0.2, 0) is 0 Å². The van der Waals surface area contributed by atoms with Crippen molar-refractivity contribution in [2.75, 3.05) is 0 Å². The zero-order valence-corrected chi connectivity index (χ0v) is 7.21. The molecule has 1 N–H and O–H groups in total. The van der Waals surface area contributed by atoms with Crippen LogP contribution in [0.15, 0.2) is 18.2 Å². The molecular formula is C9H5F3O3. The molecule has 0 radical (unpaired) electrons. The summed E-state index contributed by atoms with van der Waals surface area (Å²) in [6, 6.07) is 2.10. The average molecular weight is 218 g/mol. The number of carbonyl (C=O) groups is 2. The van der Waals surface area contributed by atoms with E-state index in [2.05, 4.69) is 0 Å². The van der Waals surface area contributed by atoms with E-state index in [1.807, 2.05) is 0 Å². The lowest BCUT2D eigenvalue weighted by Gasteiger charge is -2.01. The minimum absolute atomic E-state index is 0.484. The third-order valence-electron chi connectivity index (χ3n) is 1.68. The normalized spacial score (nSPS) is 10.4. The van der Waals surface area contributed by atoms with Crippen LogP contribution in [0.25, 0.3) is 0 Å². The van der Waals surface area contributed by atoms with Crippen molar-refractivity contribution >= 4 is 11.8 Å². The van der Waals surface area contributed by atoms with Gasteiger partial charge >= 0.3 is 12.4 Å². The van der Waals surface area contributed by atoms with Gasteiger partial charge in [0.25, 0.3) is 0 Å². The number of hydrogen-bond donors (Lipinski definition) is 1. The van der Waals surface area contributed by atoms with Crippen molar-refractivity contribution in [3.05, 3.63) is 35.1 Å². The second-order valence-electron chi connectivity index (χ2n) is 2.66. The van der Waals surface area contributed by atoms with Crippen LogP contribution in [0.1, 0.15) is 20.7 Å². The second-order valence-corrected chi connectivity index (χ2v) is 2.66. The number of hydrogen-bond acceptors (Lipinski definition) is 2. The zero-order valence-electron chi connectivity index (χ0n) is 7.21. The molecule has 0 spiro atoms. The minimum Gasteiger partial charge on any atom is -0.478 e. The van der Waals surface area contributed by atoms with Gasteiger partial charge in [-0.15, -0.1) is 0 Å². The predicted molar refractivity (Wildman–Crippen MR) is 43.7 cm³/mol. The number of ketones is 1. The highest BCUT2D eigenvalue weighted by Crippen LogP contribution is 2.13. The van der Waals surface area contributed by atoms with Gasteiger partial charge < -0.3 is 5.11 Å². The number of carboxylic acids is 1. The van der Waals surface area contributed by atoms with Crippen molar-refractivity contribution in [3.63, 3.8) is 0 Å². The van der Waals surface area contributed by atoms with E-state index in [0.29, 0.717) is 6.07 Å². The Morgan fingerprint density at radius 3 is 2.27 bits per heavy atom. The van der Waals surface area contributed by atoms with Crippen LogP contribution in [-0.4, -0.2) is 23.3 Å². The van der Waals surface area contributed by atoms with Gasteiger partial charge in [-0.25, -0.2) is 18.0 Å². The molecule has 15 heavy (non-hydrogen) atoms. The number of benzene rings is 1. The lowest BCUT2D eigenvalue weighted by atomic mass is 10.1. The highest BCUT2D eigenvalue weighted by atomic mass is 19.3. The summed E-state index contributed by atoms with van der Waals surface area (Å²) < 4.78 is 36.8. The van der Waals surface area contributed by atoms with Crippen molar-refractivity contribution in [1.82, 2.24) is 0 Å². The van der Waals surface area contributed by atoms with Crippen molar-refractivity contribution < 1.29 is 27.9 Å². The molecule has 1 aromatic rings. The number of halogens is 3. The average Bonchev–Trinajstić information content (AvgIpc) is 2.15. The van der Waals surface area contributed by atoms with E-state index in [0.717, 1.165) is 12.1 Å². The molecule has 0 bridgehead atoms. The highest BCUT2D eigenvalue weighted by Gasteiger charge is 2.20. The first kappa shape index (κ1) is 11.2. The number of rotatable bonds is 3. The van der Waals surface area contributed by atoms with Crippen LogP contribution >= 0.6 is 0 Å². The van der Waals surface area contributed by atoms with Gasteiger partial charge in [0.15, 0.2) is 0 Å². The molecule has 0 amide bonds. The Kier molecular flexibility index (Phi) is 3.08. The van der Waals surface area contributed by atoms with E-state index >= 15 is 0 Å². The number of carbonyl (C=O) groups excluding carboxylic acids is 1. The molecule has 0 heterocycles. The van der Waals surface area contributed by atoms with E-state index in [1.54, 1.807) is 0 Å². The molecule has 1 rings (SSSR count). The highest BCUT2D eigenvalue weighted by molar-refractivity contribution is 5.99. The standard InChI is InChI=1S/C9H5F3O3/c10-6-3-4(7(13)8(11)12)1-2-5(6)9(14)15/h1-3,8H,(H,14,15). The van der Waals surface area contributed by atoms with Crippen LogP contribution in [0, 0.1) is 5.82 Å². The van der Waals surface area contributed by atoms with Gasteiger partial charge in [-0.1, -0.05) is 6.07 Å². The summed E-state index contributed by atoms with van der Waals surface area (Å²) in [5, 5.41) is 8.43. The largest absolute Gasteiger partial charge is 0.478 e. The van der Waals surface area contributed by atoms with E-state index < -0.39 is 35.1 Å². The molecule has 0 fully saturated rings. The summed E-state index contributed by atoms with van der Waals surface area (Å²) in [6.07, 6.45) is -3.24. The Hall–Kier alpha value is -1.85. The van der Waals surface area contributed by atoms with E-state index in [9.17, 15) is 22.8 Å². The quantitative estimate of drug-likeness (QED) is 0.789. The van der Waals surface area contributed by atoms with Gasteiger partial charge in [0, 0.05) is 5.56 Å². The zero-order chi connectivity index (χ0) is 11.6. The van der Waals surface area contributed by atoms with Crippen LogP contribution in [0.5, 0.6) is 0 Å². The Bertz CT molecular complexity index is 415. The smallest absolute Gasteiger partial charge is 0.338 e. The van der Waals surface area contributed by atoms with Gasteiger partial charge in [0.05, 0.1) is 5.56 Å². The number of Topliss-reactive ketones (excluding diaryl/α,β-unsaturated/α-hetero) is 1. The summed E-state index contributed by atoms with van der Waals surface area (Å²) in [6.45, 7) is 0. The fourth-order valence-corrected chi connectivity index (χ4v) is 0.968. The molecule has 3 nitrogen and oxygen atoms in total. The monoisotopic (exact) mass is 218 g/mol. The van der Waals surface area contributed by atoms with Gasteiger partial charge in [-0.2, -0.15) is 0 Å². The maximum Gasteiger partial charge on any atom is 0.338 e. The molecule has 0 saturated heterocycles. The lowest BCUT2D eigenvalue weighted by Crippen LogP contribution is -2.11. The number of aromatic carboxylic acids is 1. The van der Waals surface area contributed by atoms with Gasteiger partial charge in [0.1, 0.15) is 5.82 Å². The first-order valence-electron chi connectivity index (χ1n) is 3.78. The van der Waals surface area contributed by atoms with Crippen LogP contribution in [0.4, 0.5) is 13.2 Å². The molecule has 0 atom stereocenters. The molecule has 0 unspecified atom stereocenters. The van der Waals surface area contributed by atoms with Crippen molar-refractivity contribution in [2.45, 2.75) is 6.43 Å². The van der Waals surface area contributed by atoms with Crippen LogP contribution < -0.4 is 0 Å². The molecule has 6 heteroatoms. The molecular weight excluding hydrogens is 213 g/mol. The van der Waals surface area contributed by atoms with Gasteiger partial charge in [-0.3, -0.25) is 4.79 Å². The summed E-state index contributed by atoms with van der Waals surface area (Å²) in [5.41, 5.74) is -1.21. The summed E-state index contributed by atoms with van der Waals surface area (Å²) >= 11 is 0. The van der Waals surface area contributed by atoms with Crippen molar-refractivity contribution in [1.29, 1.82) is 0 Å². The Balaban J connectivity index is 3.12. The van der Waals surface area contributed by atoms with E-state index in [-0.39, 0.29) is 0 Å². The first-order valence-corrected chi connectivity index (χ1v) is 3.78. The first-order chi connectivity index (χ1) is 6.93. The topological polar surface area (TPSA) is 54.4 Å². The fourth-order valence-electron chi connectivity index (χ4n) is 0.968. The van der Waals surface area contributed by atoms with E-state index in [4.69, 9.17) is 5.11 Å². The van der Waals surface area contributed by atoms with Crippen molar-refractivity contribution in [2.24, 2.45) is 0 Å². The second kappa shape index (κ2) is 4.12. The molecule has 1 aromatic carbocycles. The van der Waals surface area contributed by atoms with Gasteiger partial charge in [0.2, 0.25) is 5.78 Å². The summed E-state index contributed by atoms with van der Waals surface area (Å²) in [4.78, 5) is 21.1. The number of alkyl halides is 2. The fraction of sp³-hybridized carbons (Fsp3) is 0.111. The Morgan fingerprint density at radius 1 is 1.27 bits per heavy atom. The molecule has 0 aliphatic rings. The maximum atomic E-state index is 12.9. The molecule has 0 aliphatic heterocycles. The molecule has 80 valence electrons. The third kappa shape index (κ3) is 2.34. The van der Waals surface area contributed by atoms with Crippen LogP contribution in [0.2, 0.25) is 0 Å². The van der Waals surface area contributed by atoms with Gasteiger partial charge in [-0.05, 0) is 12.1 Å². The summed E-state index contributed by atoms with van der Waals surface area (Å²) in [5.74, 6) is -4.27. The SMILES string of the molecule is O=C(O)c1ccc(C(=O)C(F)F)cc1F. The Labute approximate surface area is 82.1 Å². The molecule has 0 aromatic heterocycles. The summed E-state index contributed by atoms with van der Waals surface area (Å²) in [7, 11) is 0. The molecule has 0 aliphatic carbocycles. The van der Waals surface area contributed by atoms with E-state index in [1.165, 1.54) is 0 Å². The van der Waals surface area contributed by atoms with Crippen LogP contribution in [0.3, 0.4) is 0 Å². The lowest BCUT2D eigenvalue weighted by molar-refractivity contribution is 0.0672. The Morgan fingerprint density at radius 2 is 1.87 bits per heavy atom. The number of carboxylic acid groups (broad SMARTS) is 1. The third-order valence-corrected chi connectivity index (χ3v) is 1.68. The maximum absolute atomic E-state index is 12.9. The molecule has 0 saturated carbocycles. The predicted octanol–water partition coefficient (Wildman–Crippen LogP) is 1.97.